The third-order valence-electron chi connectivity index (χ3n) is 4.12. The van der Waals surface area contributed by atoms with Crippen molar-refractivity contribution in [2.45, 2.75) is 40.0 Å². The molecule has 0 unspecified atom stereocenters. The van der Waals surface area contributed by atoms with E-state index in [-0.39, 0.29) is 0 Å². The summed E-state index contributed by atoms with van der Waals surface area (Å²) >= 11 is 0. The number of hydrogen-bond acceptors (Lipinski definition) is 5. The van der Waals surface area contributed by atoms with Gasteiger partial charge in [-0.3, -0.25) is 0 Å². The quantitative estimate of drug-likeness (QED) is 0.809. The normalized spacial score (nSPS) is 16.9. The van der Waals surface area contributed by atoms with Crippen LogP contribution in [-0.2, 0) is 0 Å². The predicted octanol–water partition coefficient (Wildman–Crippen LogP) is 2.75. The van der Waals surface area contributed by atoms with Crippen molar-refractivity contribution >= 4 is 11.6 Å². The minimum atomic E-state index is 0.759. The molecule has 118 valence electrons. The lowest BCUT2D eigenvalue weighted by molar-refractivity contribution is 0.198. The third kappa shape index (κ3) is 5.16. The molecular formula is C16H29N5. The van der Waals surface area contributed by atoms with Gasteiger partial charge in [0.2, 0.25) is 0 Å². The Morgan fingerprint density at radius 1 is 1.14 bits per heavy atom. The molecule has 2 heterocycles. The van der Waals surface area contributed by atoms with Crippen molar-refractivity contribution < 1.29 is 0 Å². The second-order valence-corrected chi connectivity index (χ2v) is 5.87. The highest BCUT2D eigenvalue weighted by Gasteiger charge is 2.17. The standard InChI is InChI=1S/C16H29N5/c1-4-8-17-15-11-16(20-13(3)19-15)18-12-14-6-9-21(5-2)10-7-14/h11,14H,4-10,12H2,1-3H3,(H2,17,18,19,20). The summed E-state index contributed by atoms with van der Waals surface area (Å²) in [5.41, 5.74) is 0. The molecule has 1 saturated heterocycles. The van der Waals surface area contributed by atoms with Gasteiger partial charge in [-0.15, -0.1) is 0 Å². The van der Waals surface area contributed by atoms with Crippen LogP contribution >= 0.6 is 0 Å². The Morgan fingerprint density at radius 2 is 1.81 bits per heavy atom. The van der Waals surface area contributed by atoms with Gasteiger partial charge in [-0.2, -0.15) is 0 Å². The SMILES string of the molecule is CCCNc1cc(NCC2CCN(CC)CC2)nc(C)n1. The molecule has 0 spiro atoms. The van der Waals surface area contributed by atoms with E-state index in [1.54, 1.807) is 0 Å². The number of aromatic nitrogens is 2. The molecule has 5 nitrogen and oxygen atoms in total. The predicted molar refractivity (Wildman–Crippen MR) is 88.9 cm³/mol. The summed E-state index contributed by atoms with van der Waals surface area (Å²) < 4.78 is 0. The molecule has 0 saturated carbocycles. The van der Waals surface area contributed by atoms with Crippen molar-refractivity contribution in [2.24, 2.45) is 5.92 Å². The lowest BCUT2D eigenvalue weighted by Gasteiger charge is -2.31. The fourth-order valence-electron chi connectivity index (χ4n) is 2.76. The topological polar surface area (TPSA) is 53.1 Å². The first-order valence-electron chi connectivity index (χ1n) is 8.27. The highest BCUT2D eigenvalue weighted by atomic mass is 15.1. The lowest BCUT2D eigenvalue weighted by Crippen LogP contribution is -2.35. The molecule has 21 heavy (non-hydrogen) atoms. The first kappa shape index (κ1) is 16.0. The van der Waals surface area contributed by atoms with Crippen molar-refractivity contribution in [3.05, 3.63) is 11.9 Å². The van der Waals surface area contributed by atoms with E-state index in [1.807, 2.05) is 13.0 Å². The molecule has 0 radical (unpaired) electrons. The molecule has 1 aromatic rings. The van der Waals surface area contributed by atoms with E-state index < -0.39 is 0 Å². The second-order valence-electron chi connectivity index (χ2n) is 5.87. The van der Waals surface area contributed by atoms with E-state index in [9.17, 15) is 0 Å². The Balaban J connectivity index is 1.84. The summed E-state index contributed by atoms with van der Waals surface area (Å²) in [6.07, 6.45) is 3.67. The highest BCUT2D eigenvalue weighted by molar-refractivity contribution is 5.47. The van der Waals surface area contributed by atoms with Crippen LogP contribution in [0, 0.1) is 12.8 Å². The van der Waals surface area contributed by atoms with Crippen molar-refractivity contribution in [3.8, 4) is 0 Å². The van der Waals surface area contributed by atoms with Crippen molar-refractivity contribution in [3.63, 3.8) is 0 Å². The van der Waals surface area contributed by atoms with Crippen LogP contribution in [0.5, 0.6) is 0 Å². The van der Waals surface area contributed by atoms with Gasteiger partial charge >= 0.3 is 0 Å². The van der Waals surface area contributed by atoms with Gasteiger partial charge in [-0.05, 0) is 51.7 Å². The van der Waals surface area contributed by atoms with Crippen LogP contribution in [0.1, 0.15) is 38.9 Å². The summed E-state index contributed by atoms with van der Waals surface area (Å²) in [5.74, 6) is 3.45. The van der Waals surface area contributed by atoms with Crippen molar-refractivity contribution in [1.29, 1.82) is 0 Å². The van der Waals surface area contributed by atoms with Gasteiger partial charge in [0.15, 0.2) is 0 Å². The Kier molecular flexibility index (Phi) is 6.23. The smallest absolute Gasteiger partial charge is 0.131 e. The Hall–Kier alpha value is -1.36. The maximum absolute atomic E-state index is 4.48. The number of nitrogens with zero attached hydrogens (tertiary/aromatic N) is 3. The maximum Gasteiger partial charge on any atom is 0.131 e. The Labute approximate surface area is 128 Å². The number of rotatable bonds is 7. The number of likely N-dealkylation sites (tertiary alicyclic amines) is 1. The van der Waals surface area contributed by atoms with E-state index in [0.717, 1.165) is 42.9 Å². The number of nitrogens with one attached hydrogen (secondary N) is 2. The fourth-order valence-corrected chi connectivity index (χ4v) is 2.76. The van der Waals surface area contributed by atoms with Crippen LogP contribution in [-0.4, -0.2) is 47.6 Å². The summed E-state index contributed by atoms with van der Waals surface area (Å²) in [4.78, 5) is 11.4. The molecule has 2 rings (SSSR count). The molecular weight excluding hydrogens is 262 g/mol. The second kappa shape index (κ2) is 8.17. The third-order valence-corrected chi connectivity index (χ3v) is 4.12. The van der Waals surface area contributed by atoms with E-state index in [4.69, 9.17) is 0 Å². The minimum Gasteiger partial charge on any atom is -0.370 e. The zero-order chi connectivity index (χ0) is 15.1. The molecule has 0 atom stereocenters. The van der Waals surface area contributed by atoms with E-state index in [1.165, 1.54) is 32.5 Å². The van der Waals surface area contributed by atoms with Gasteiger partial charge in [0.1, 0.15) is 17.5 Å². The number of piperidine rings is 1. The molecule has 1 fully saturated rings. The van der Waals surface area contributed by atoms with Gasteiger partial charge in [0, 0.05) is 19.2 Å². The average molecular weight is 291 g/mol. The molecule has 0 aliphatic carbocycles. The minimum absolute atomic E-state index is 0.759. The summed E-state index contributed by atoms with van der Waals surface area (Å²) in [5, 5.41) is 6.82. The van der Waals surface area contributed by atoms with Crippen LogP contribution in [0.3, 0.4) is 0 Å². The molecule has 5 heteroatoms. The van der Waals surface area contributed by atoms with Gasteiger partial charge in [0.05, 0.1) is 0 Å². The van der Waals surface area contributed by atoms with Gasteiger partial charge in [0.25, 0.3) is 0 Å². The first-order chi connectivity index (χ1) is 10.2. The van der Waals surface area contributed by atoms with Gasteiger partial charge < -0.3 is 15.5 Å². The number of anilines is 2. The summed E-state index contributed by atoms with van der Waals surface area (Å²) in [7, 11) is 0. The van der Waals surface area contributed by atoms with E-state index in [2.05, 4.69) is 39.3 Å². The monoisotopic (exact) mass is 291 g/mol. The summed E-state index contributed by atoms with van der Waals surface area (Å²) in [6, 6.07) is 2.02. The summed E-state index contributed by atoms with van der Waals surface area (Å²) in [6.45, 7) is 12.0. The van der Waals surface area contributed by atoms with Crippen LogP contribution < -0.4 is 10.6 Å². The molecule has 0 amide bonds. The number of hydrogen-bond donors (Lipinski definition) is 2. The van der Waals surface area contributed by atoms with Crippen LogP contribution in [0.25, 0.3) is 0 Å². The lowest BCUT2D eigenvalue weighted by atomic mass is 9.97. The largest absolute Gasteiger partial charge is 0.370 e. The molecule has 1 aromatic heterocycles. The molecule has 0 aromatic carbocycles. The molecule has 1 aliphatic heterocycles. The highest BCUT2D eigenvalue weighted by Crippen LogP contribution is 2.18. The zero-order valence-corrected chi connectivity index (χ0v) is 13.7. The molecule has 2 N–H and O–H groups in total. The molecule has 1 aliphatic rings. The Bertz CT molecular complexity index is 427. The van der Waals surface area contributed by atoms with Crippen LogP contribution in [0.15, 0.2) is 6.07 Å². The first-order valence-corrected chi connectivity index (χ1v) is 8.27. The molecule has 0 bridgehead atoms. The zero-order valence-electron chi connectivity index (χ0n) is 13.7. The number of aryl methyl sites for hydroxylation is 1. The average Bonchev–Trinajstić information content (AvgIpc) is 2.51. The van der Waals surface area contributed by atoms with Crippen LogP contribution in [0.4, 0.5) is 11.6 Å². The van der Waals surface area contributed by atoms with Crippen molar-refractivity contribution in [1.82, 2.24) is 14.9 Å². The van der Waals surface area contributed by atoms with E-state index in [0.29, 0.717) is 0 Å². The van der Waals surface area contributed by atoms with E-state index >= 15 is 0 Å². The van der Waals surface area contributed by atoms with Crippen LogP contribution in [0.2, 0.25) is 0 Å². The van der Waals surface area contributed by atoms with Crippen molar-refractivity contribution in [2.75, 3.05) is 43.4 Å². The van der Waals surface area contributed by atoms with Gasteiger partial charge in [-0.1, -0.05) is 13.8 Å². The maximum atomic E-state index is 4.48. The fraction of sp³-hybridized carbons (Fsp3) is 0.750. The Morgan fingerprint density at radius 3 is 2.43 bits per heavy atom. The van der Waals surface area contributed by atoms with Gasteiger partial charge in [-0.25, -0.2) is 9.97 Å².